The van der Waals surface area contributed by atoms with Gasteiger partial charge in [-0.15, -0.1) is 16.9 Å². The molecular formula is C20H17ClN8O3S. The van der Waals surface area contributed by atoms with Crippen LogP contribution < -0.4 is 15.9 Å². The summed E-state index contributed by atoms with van der Waals surface area (Å²) < 4.78 is 11.2. The zero-order valence-electron chi connectivity index (χ0n) is 17.2. The maximum absolute atomic E-state index is 12.8. The van der Waals surface area contributed by atoms with Gasteiger partial charge in [-0.25, -0.2) is 10.1 Å². The van der Waals surface area contributed by atoms with E-state index in [-0.39, 0.29) is 17.3 Å². The molecule has 2 heterocycles. The van der Waals surface area contributed by atoms with Crippen LogP contribution in [0.1, 0.15) is 21.7 Å². The van der Waals surface area contributed by atoms with Gasteiger partial charge < -0.3 is 10.5 Å². The van der Waals surface area contributed by atoms with Crippen molar-refractivity contribution in [3.8, 4) is 11.6 Å². The predicted octanol–water partition coefficient (Wildman–Crippen LogP) is 2.95. The first-order chi connectivity index (χ1) is 16.0. The van der Waals surface area contributed by atoms with Crippen LogP contribution in [0.15, 0.2) is 63.2 Å². The van der Waals surface area contributed by atoms with Crippen molar-refractivity contribution in [1.29, 1.82) is 0 Å². The quantitative estimate of drug-likeness (QED) is 0.219. The third kappa shape index (κ3) is 5.30. The molecule has 0 spiro atoms. The molecule has 0 atom stereocenters. The Hall–Kier alpha value is -3.90. The Kier molecular flexibility index (Phi) is 6.86. The van der Waals surface area contributed by atoms with Gasteiger partial charge in [0.25, 0.3) is 5.91 Å². The Bertz CT molecular complexity index is 1290. The van der Waals surface area contributed by atoms with E-state index in [2.05, 4.69) is 35.8 Å². The lowest BCUT2D eigenvalue weighted by atomic mass is 10.2. The van der Waals surface area contributed by atoms with Crippen molar-refractivity contribution < 1.29 is 14.2 Å². The summed E-state index contributed by atoms with van der Waals surface area (Å²) in [5.41, 5.74) is 9.51. The van der Waals surface area contributed by atoms with Crippen molar-refractivity contribution in [3.63, 3.8) is 0 Å². The molecule has 33 heavy (non-hydrogen) atoms. The lowest BCUT2D eigenvalue weighted by Gasteiger charge is -2.06. The molecule has 2 aromatic carbocycles. The third-order valence-electron chi connectivity index (χ3n) is 4.34. The zero-order chi connectivity index (χ0) is 23.2. The second kappa shape index (κ2) is 10.1. The fraction of sp³-hybridized carbons (Fsp3) is 0.100. The standard InChI is InChI=1S/C20H17ClN8O3S/c1-31-14-4-2-3-12(9-14)10-23-25-20(30)17-16(11-33-15-7-5-13(21)6-8-15)29(28-24-17)19-18(22)26-32-27-19/h2-10H,11H2,1H3,(H2,22,26)(H,25,30)/b23-10+. The van der Waals surface area contributed by atoms with Crippen molar-refractivity contribution in [2.24, 2.45) is 5.10 Å². The topological polar surface area (TPSA) is 146 Å². The van der Waals surface area contributed by atoms with Crippen LogP contribution in [-0.2, 0) is 5.75 Å². The highest BCUT2D eigenvalue weighted by atomic mass is 35.5. The lowest BCUT2D eigenvalue weighted by Crippen LogP contribution is -2.20. The number of hydrogen-bond acceptors (Lipinski definition) is 10. The monoisotopic (exact) mass is 484 g/mol. The van der Waals surface area contributed by atoms with E-state index in [4.69, 9.17) is 22.1 Å². The number of nitrogens with one attached hydrogen (secondary N) is 1. The molecule has 4 rings (SSSR count). The van der Waals surface area contributed by atoms with Gasteiger partial charge in [-0.1, -0.05) is 28.9 Å². The van der Waals surface area contributed by atoms with Crippen LogP contribution >= 0.6 is 23.4 Å². The molecule has 3 N–H and O–H groups in total. The maximum atomic E-state index is 12.8. The van der Waals surface area contributed by atoms with Crippen LogP contribution in [0.25, 0.3) is 5.82 Å². The van der Waals surface area contributed by atoms with Gasteiger partial charge in [-0.3, -0.25) is 4.79 Å². The fourth-order valence-electron chi connectivity index (χ4n) is 2.74. The van der Waals surface area contributed by atoms with E-state index in [1.54, 1.807) is 25.3 Å². The number of aromatic nitrogens is 5. The van der Waals surface area contributed by atoms with Gasteiger partial charge in [0, 0.05) is 15.7 Å². The minimum atomic E-state index is -0.554. The first-order valence-electron chi connectivity index (χ1n) is 9.44. The summed E-state index contributed by atoms with van der Waals surface area (Å²) in [5, 5.41) is 20.0. The summed E-state index contributed by atoms with van der Waals surface area (Å²) in [5.74, 6) is 0.591. The molecule has 0 aliphatic heterocycles. The number of ether oxygens (including phenoxy) is 1. The summed E-state index contributed by atoms with van der Waals surface area (Å²) >= 11 is 7.40. The molecule has 4 aromatic rings. The van der Waals surface area contributed by atoms with Crippen LogP contribution in [0.2, 0.25) is 5.02 Å². The number of nitrogens with two attached hydrogens (primary N) is 1. The molecule has 0 saturated carbocycles. The van der Waals surface area contributed by atoms with Gasteiger partial charge in [0.1, 0.15) is 5.75 Å². The molecular weight excluding hydrogens is 468 g/mol. The summed E-state index contributed by atoms with van der Waals surface area (Å²) in [6.07, 6.45) is 1.49. The number of anilines is 1. The number of nitrogens with zero attached hydrogens (tertiary/aromatic N) is 6. The van der Waals surface area contributed by atoms with E-state index in [0.29, 0.717) is 22.2 Å². The van der Waals surface area contributed by atoms with Gasteiger partial charge >= 0.3 is 0 Å². The van der Waals surface area contributed by atoms with E-state index >= 15 is 0 Å². The zero-order valence-corrected chi connectivity index (χ0v) is 18.7. The second-order valence-electron chi connectivity index (χ2n) is 6.49. The maximum Gasteiger partial charge on any atom is 0.293 e. The highest BCUT2D eigenvalue weighted by Gasteiger charge is 2.24. The number of nitrogen functional groups attached to an aromatic ring is 1. The molecule has 0 aliphatic carbocycles. The molecule has 0 bridgehead atoms. The first-order valence-corrected chi connectivity index (χ1v) is 10.8. The number of halogens is 1. The molecule has 13 heteroatoms. The first kappa shape index (κ1) is 22.3. The number of carbonyl (C=O) groups is 1. The number of hydrogen-bond donors (Lipinski definition) is 2. The van der Waals surface area contributed by atoms with E-state index in [1.807, 2.05) is 30.3 Å². The van der Waals surface area contributed by atoms with Gasteiger partial charge in [0.05, 0.1) is 19.0 Å². The van der Waals surface area contributed by atoms with Crippen molar-refractivity contribution >= 4 is 41.3 Å². The van der Waals surface area contributed by atoms with E-state index in [1.165, 1.54) is 22.7 Å². The minimum absolute atomic E-state index is 0.0145. The Morgan fingerprint density at radius 2 is 2.12 bits per heavy atom. The van der Waals surface area contributed by atoms with Crippen molar-refractivity contribution in [3.05, 3.63) is 70.5 Å². The number of methoxy groups -OCH3 is 1. The Morgan fingerprint density at radius 1 is 1.30 bits per heavy atom. The molecule has 0 aliphatic rings. The SMILES string of the molecule is COc1cccc(/C=N/NC(=O)c2nnn(-c3nonc3N)c2CSc2ccc(Cl)cc2)c1. The minimum Gasteiger partial charge on any atom is -0.497 e. The number of amides is 1. The summed E-state index contributed by atoms with van der Waals surface area (Å²) in [6, 6.07) is 14.5. The molecule has 0 radical (unpaired) electrons. The predicted molar refractivity (Wildman–Crippen MR) is 123 cm³/mol. The Labute approximate surface area is 196 Å². The third-order valence-corrected chi connectivity index (χ3v) is 5.61. The second-order valence-corrected chi connectivity index (χ2v) is 7.97. The van der Waals surface area contributed by atoms with Crippen molar-refractivity contribution in [1.82, 2.24) is 30.7 Å². The summed E-state index contributed by atoms with van der Waals surface area (Å²) in [6.45, 7) is 0. The van der Waals surface area contributed by atoms with Crippen molar-refractivity contribution in [2.75, 3.05) is 12.8 Å². The number of hydrazone groups is 1. The van der Waals surface area contributed by atoms with E-state index in [9.17, 15) is 4.79 Å². The van der Waals surface area contributed by atoms with Crippen LogP contribution in [0.3, 0.4) is 0 Å². The lowest BCUT2D eigenvalue weighted by molar-refractivity contribution is 0.0949. The largest absolute Gasteiger partial charge is 0.497 e. The molecule has 168 valence electrons. The van der Waals surface area contributed by atoms with E-state index in [0.717, 1.165) is 10.5 Å². The molecule has 0 fully saturated rings. The Balaban J connectivity index is 1.56. The normalized spacial score (nSPS) is 11.1. The van der Waals surface area contributed by atoms with Crippen LogP contribution in [0.4, 0.5) is 5.82 Å². The van der Waals surface area contributed by atoms with Crippen LogP contribution in [0, 0.1) is 0 Å². The van der Waals surface area contributed by atoms with E-state index < -0.39 is 5.91 Å². The highest BCUT2D eigenvalue weighted by molar-refractivity contribution is 7.98. The Morgan fingerprint density at radius 3 is 2.85 bits per heavy atom. The molecule has 0 unspecified atom stereocenters. The van der Waals surface area contributed by atoms with Gasteiger partial charge in [0.2, 0.25) is 11.6 Å². The molecule has 11 nitrogen and oxygen atoms in total. The number of benzene rings is 2. The smallest absolute Gasteiger partial charge is 0.293 e. The van der Waals surface area contributed by atoms with Gasteiger partial charge in [-0.05, 0) is 52.3 Å². The number of thioether (sulfide) groups is 1. The van der Waals surface area contributed by atoms with Crippen LogP contribution in [-0.4, -0.2) is 44.5 Å². The highest BCUT2D eigenvalue weighted by Crippen LogP contribution is 2.27. The molecule has 2 aromatic heterocycles. The fourth-order valence-corrected chi connectivity index (χ4v) is 3.76. The average Bonchev–Trinajstić information content (AvgIpc) is 3.44. The summed E-state index contributed by atoms with van der Waals surface area (Å²) in [4.78, 5) is 13.8. The molecule has 0 saturated heterocycles. The summed E-state index contributed by atoms with van der Waals surface area (Å²) in [7, 11) is 1.57. The van der Waals surface area contributed by atoms with Gasteiger partial charge in [0.15, 0.2) is 5.69 Å². The van der Waals surface area contributed by atoms with Crippen molar-refractivity contribution in [2.45, 2.75) is 10.6 Å². The van der Waals surface area contributed by atoms with Gasteiger partial charge in [-0.2, -0.15) is 9.78 Å². The number of carbonyl (C=O) groups excluding carboxylic acids is 1. The molecule has 1 amide bonds. The number of rotatable bonds is 8. The average molecular weight is 485 g/mol. The van der Waals surface area contributed by atoms with Crippen LogP contribution in [0.5, 0.6) is 5.75 Å².